The summed E-state index contributed by atoms with van der Waals surface area (Å²) >= 11 is 0. The van der Waals surface area contributed by atoms with Crippen molar-refractivity contribution >= 4 is 5.97 Å². The number of aliphatic carboxylic acids is 1. The number of hydrogen-bond donors (Lipinski definition) is 1. The summed E-state index contributed by atoms with van der Waals surface area (Å²) in [7, 11) is 0. The molecule has 16 heavy (non-hydrogen) atoms. The van der Waals surface area contributed by atoms with Crippen LogP contribution in [0.25, 0.3) is 0 Å². The van der Waals surface area contributed by atoms with E-state index in [0.29, 0.717) is 0 Å². The number of likely N-dealkylation sites (tertiary alicyclic amines) is 1. The van der Waals surface area contributed by atoms with Crippen molar-refractivity contribution in [3.05, 3.63) is 35.9 Å². The van der Waals surface area contributed by atoms with Crippen LogP contribution < -0.4 is 0 Å². The van der Waals surface area contributed by atoms with Crippen LogP contribution in [-0.4, -0.2) is 28.6 Å². The first-order valence-electron chi connectivity index (χ1n) is 5.77. The third kappa shape index (κ3) is 1.95. The zero-order valence-corrected chi connectivity index (χ0v) is 9.47. The largest absolute Gasteiger partial charge is 0.480 e. The third-order valence-corrected chi connectivity index (χ3v) is 3.32. The van der Waals surface area contributed by atoms with Crippen molar-refractivity contribution in [2.24, 2.45) is 0 Å². The molecule has 2 rings (SSSR count). The second-order valence-electron chi connectivity index (χ2n) is 4.22. The highest BCUT2D eigenvalue weighted by molar-refractivity contribution is 5.74. The minimum Gasteiger partial charge on any atom is -0.480 e. The van der Waals surface area contributed by atoms with Crippen molar-refractivity contribution in [2.45, 2.75) is 31.8 Å². The first-order valence-corrected chi connectivity index (χ1v) is 5.77. The van der Waals surface area contributed by atoms with E-state index >= 15 is 0 Å². The van der Waals surface area contributed by atoms with E-state index in [9.17, 15) is 4.79 Å². The van der Waals surface area contributed by atoms with Crippen LogP contribution in [0.5, 0.6) is 0 Å². The van der Waals surface area contributed by atoms with Crippen molar-refractivity contribution in [1.29, 1.82) is 0 Å². The van der Waals surface area contributed by atoms with Gasteiger partial charge in [0.2, 0.25) is 0 Å². The van der Waals surface area contributed by atoms with Crippen molar-refractivity contribution < 1.29 is 9.90 Å². The minimum absolute atomic E-state index is 0.246. The maximum atomic E-state index is 11.0. The molecule has 1 aromatic carbocycles. The van der Waals surface area contributed by atoms with E-state index in [2.05, 4.69) is 24.0 Å². The molecule has 0 spiro atoms. The molecule has 1 aromatic rings. The number of carboxylic acids is 1. The molecular formula is C13H17NO2. The van der Waals surface area contributed by atoms with Gasteiger partial charge in [0.15, 0.2) is 0 Å². The Balaban J connectivity index is 2.15. The average molecular weight is 219 g/mol. The molecule has 3 nitrogen and oxygen atoms in total. The molecule has 1 aliphatic heterocycles. The Hall–Kier alpha value is -1.35. The molecule has 0 bridgehead atoms. The van der Waals surface area contributed by atoms with Crippen LogP contribution >= 0.6 is 0 Å². The number of hydrogen-bond acceptors (Lipinski definition) is 2. The lowest BCUT2D eigenvalue weighted by molar-refractivity contribution is -0.150. The van der Waals surface area contributed by atoms with E-state index in [1.165, 1.54) is 5.56 Å². The Morgan fingerprint density at radius 2 is 2.19 bits per heavy atom. The molecule has 1 fully saturated rings. The second-order valence-corrected chi connectivity index (χ2v) is 4.22. The summed E-state index contributed by atoms with van der Waals surface area (Å²) in [6.45, 7) is 3.00. The van der Waals surface area contributed by atoms with E-state index in [0.717, 1.165) is 19.4 Å². The monoisotopic (exact) mass is 219 g/mol. The Labute approximate surface area is 95.7 Å². The first kappa shape index (κ1) is 11.1. The summed E-state index contributed by atoms with van der Waals surface area (Å²) in [5, 5.41) is 9.05. The summed E-state index contributed by atoms with van der Waals surface area (Å²) in [5.74, 6) is -0.694. The SMILES string of the molecule is CCC(c1ccccc1)N1CC[C@H]1C(=O)O. The van der Waals surface area contributed by atoms with Crippen molar-refractivity contribution in [3.63, 3.8) is 0 Å². The van der Waals surface area contributed by atoms with Crippen LogP contribution in [0, 0.1) is 0 Å². The Bertz CT molecular complexity index is 363. The van der Waals surface area contributed by atoms with Gasteiger partial charge in [0.25, 0.3) is 0 Å². The highest BCUT2D eigenvalue weighted by atomic mass is 16.4. The van der Waals surface area contributed by atoms with E-state index < -0.39 is 5.97 Å². The van der Waals surface area contributed by atoms with E-state index in [1.807, 2.05) is 18.2 Å². The normalized spacial score (nSPS) is 22.4. The van der Waals surface area contributed by atoms with Crippen LogP contribution in [0.15, 0.2) is 30.3 Å². The highest BCUT2D eigenvalue weighted by Gasteiger charge is 2.38. The summed E-state index contributed by atoms with van der Waals surface area (Å²) in [6, 6.07) is 10.1. The van der Waals surface area contributed by atoms with Gasteiger partial charge in [-0.1, -0.05) is 37.3 Å². The van der Waals surface area contributed by atoms with Crippen LogP contribution in [0.1, 0.15) is 31.4 Å². The third-order valence-electron chi connectivity index (χ3n) is 3.32. The summed E-state index contributed by atoms with van der Waals surface area (Å²) in [4.78, 5) is 13.1. The highest BCUT2D eigenvalue weighted by Crippen LogP contribution is 2.32. The molecule has 2 atom stereocenters. The smallest absolute Gasteiger partial charge is 0.320 e. The van der Waals surface area contributed by atoms with E-state index in [1.54, 1.807) is 0 Å². The van der Waals surface area contributed by atoms with Crippen LogP contribution in [0.4, 0.5) is 0 Å². The first-order chi connectivity index (χ1) is 7.74. The molecule has 1 heterocycles. The summed E-state index contributed by atoms with van der Waals surface area (Å²) < 4.78 is 0. The van der Waals surface area contributed by atoms with Gasteiger partial charge < -0.3 is 5.11 Å². The van der Waals surface area contributed by atoms with Gasteiger partial charge in [-0.25, -0.2) is 0 Å². The quantitative estimate of drug-likeness (QED) is 0.844. The molecule has 0 saturated carbocycles. The molecular weight excluding hydrogens is 202 g/mol. The van der Waals surface area contributed by atoms with Gasteiger partial charge in [-0.2, -0.15) is 0 Å². The predicted molar refractivity (Wildman–Crippen MR) is 62.2 cm³/mol. The zero-order chi connectivity index (χ0) is 11.5. The summed E-state index contributed by atoms with van der Waals surface area (Å²) in [6.07, 6.45) is 1.73. The fourth-order valence-corrected chi connectivity index (χ4v) is 2.38. The molecule has 0 aliphatic carbocycles. The van der Waals surface area contributed by atoms with Crippen LogP contribution in [0.2, 0.25) is 0 Å². The van der Waals surface area contributed by atoms with Gasteiger partial charge in [-0.15, -0.1) is 0 Å². The van der Waals surface area contributed by atoms with Crippen LogP contribution in [-0.2, 0) is 4.79 Å². The molecule has 1 aliphatic rings. The Kier molecular flexibility index (Phi) is 3.25. The van der Waals surface area contributed by atoms with Crippen molar-refractivity contribution in [3.8, 4) is 0 Å². The molecule has 1 saturated heterocycles. The summed E-state index contributed by atoms with van der Waals surface area (Å²) in [5.41, 5.74) is 1.22. The Morgan fingerprint density at radius 1 is 1.50 bits per heavy atom. The molecule has 0 aromatic heterocycles. The van der Waals surface area contributed by atoms with Gasteiger partial charge in [-0.3, -0.25) is 9.69 Å². The lowest BCUT2D eigenvalue weighted by atomic mass is 9.94. The van der Waals surface area contributed by atoms with Gasteiger partial charge in [0, 0.05) is 12.6 Å². The maximum Gasteiger partial charge on any atom is 0.320 e. The molecule has 0 radical (unpaired) electrons. The van der Waals surface area contributed by atoms with E-state index in [-0.39, 0.29) is 12.1 Å². The number of carbonyl (C=O) groups is 1. The van der Waals surface area contributed by atoms with Gasteiger partial charge in [0.05, 0.1) is 0 Å². The predicted octanol–water partition coefficient (Wildman–Crippen LogP) is 2.30. The molecule has 1 unspecified atom stereocenters. The van der Waals surface area contributed by atoms with Gasteiger partial charge in [0.1, 0.15) is 6.04 Å². The van der Waals surface area contributed by atoms with Crippen LogP contribution in [0.3, 0.4) is 0 Å². The van der Waals surface area contributed by atoms with Gasteiger partial charge >= 0.3 is 5.97 Å². The number of benzene rings is 1. The zero-order valence-electron chi connectivity index (χ0n) is 9.47. The van der Waals surface area contributed by atoms with Gasteiger partial charge in [-0.05, 0) is 18.4 Å². The number of rotatable bonds is 4. The second kappa shape index (κ2) is 4.66. The maximum absolute atomic E-state index is 11.0. The average Bonchev–Trinajstić information content (AvgIpc) is 2.24. The minimum atomic E-state index is -0.694. The fraction of sp³-hybridized carbons (Fsp3) is 0.462. The molecule has 0 amide bonds. The molecule has 86 valence electrons. The standard InChI is InChI=1S/C13H17NO2/c1-2-11(10-6-4-3-5-7-10)14-9-8-12(14)13(15)16/h3-7,11-12H,2,8-9H2,1H3,(H,15,16)/t11?,12-/m0/s1. The van der Waals surface area contributed by atoms with E-state index in [4.69, 9.17) is 5.11 Å². The molecule has 1 N–H and O–H groups in total. The van der Waals surface area contributed by atoms with Crippen molar-refractivity contribution in [2.75, 3.05) is 6.54 Å². The van der Waals surface area contributed by atoms with Crippen molar-refractivity contribution in [1.82, 2.24) is 4.90 Å². The lowest BCUT2D eigenvalue weighted by Gasteiger charge is -2.43. The Morgan fingerprint density at radius 3 is 2.62 bits per heavy atom. The number of carboxylic acid groups (broad SMARTS) is 1. The molecule has 3 heteroatoms. The lowest BCUT2D eigenvalue weighted by Crippen LogP contribution is -2.53. The topological polar surface area (TPSA) is 40.5 Å². The number of nitrogens with zero attached hydrogens (tertiary/aromatic N) is 1. The fourth-order valence-electron chi connectivity index (χ4n) is 2.38.